The minimum Gasteiger partial charge on any atom is -0.493 e. The van der Waals surface area contributed by atoms with Gasteiger partial charge in [0.15, 0.2) is 11.5 Å². The van der Waals surface area contributed by atoms with Crippen LogP contribution in [0.15, 0.2) is 42.5 Å². The summed E-state index contributed by atoms with van der Waals surface area (Å²) in [4.78, 5) is 17.2. The van der Waals surface area contributed by atoms with Crippen LogP contribution in [-0.4, -0.2) is 78.9 Å². The van der Waals surface area contributed by atoms with Gasteiger partial charge >= 0.3 is 0 Å². The molecule has 1 aliphatic rings. The Morgan fingerprint density at radius 3 is 2.30 bits per heavy atom. The van der Waals surface area contributed by atoms with Crippen molar-refractivity contribution in [2.45, 2.75) is 45.9 Å². The summed E-state index contributed by atoms with van der Waals surface area (Å²) in [6, 6.07) is 13.9. The molecule has 0 aliphatic carbocycles. The van der Waals surface area contributed by atoms with Gasteiger partial charge in [-0.1, -0.05) is 30.3 Å². The zero-order chi connectivity index (χ0) is 24.0. The first-order valence-electron chi connectivity index (χ1n) is 11.6. The van der Waals surface area contributed by atoms with Gasteiger partial charge in [-0.15, -0.1) is 0 Å². The molecule has 2 aromatic rings. The third-order valence-electron chi connectivity index (χ3n) is 6.28. The molecule has 1 fully saturated rings. The number of anilines is 1. The van der Waals surface area contributed by atoms with Gasteiger partial charge in [-0.05, 0) is 51.0 Å². The Balaban J connectivity index is 1.49. The molecule has 180 valence electrons. The summed E-state index contributed by atoms with van der Waals surface area (Å²) in [5.74, 6) is 1.28. The van der Waals surface area contributed by atoms with Crippen molar-refractivity contribution in [3.63, 3.8) is 0 Å². The summed E-state index contributed by atoms with van der Waals surface area (Å²) in [5.41, 5.74) is 3.04. The number of benzene rings is 2. The first kappa shape index (κ1) is 25.0. The maximum absolute atomic E-state index is 12.7. The lowest BCUT2D eigenvalue weighted by Gasteiger charge is -2.44. The predicted octanol–water partition coefficient (Wildman–Crippen LogP) is 3.09. The van der Waals surface area contributed by atoms with E-state index in [1.54, 1.807) is 7.11 Å². The van der Waals surface area contributed by atoms with Crippen molar-refractivity contribution in [2.75, 3.05) is 45.2 Å². The SMILES string of the molecule is COc1ccccc1OCC(O)CN1C[C@@H](C)N(CC(=O)Nc2c(C)cccc2C)C[C@@H]1C. The molecule has 1 heterocycles. The normalized spacial score (nSPS) is 20.3. The Hall–Kier alpha value is -2.61. The second-order valence-corrected chi connectivity index (χ2v) is 9.01. The highest BCUT2D eigenvalue weighted by Crippen LogP contribution is 2.26. The van der Waals surface area contributed by atoms with Crippen molar-refractivity contribution < 1.29 is 19.4 Å². The molecule has 1 amide bonds. The smallest absolute Gasteiger partial charge is 0.238 e. The number of carbonyl (C=O) groups is 1. The van der Waals surface area contributed by atoms with E-state index in [0.29, 0.717) is 24.6 Å². The van der Waals surface area contributed by atoms with Crippen LogP contribution in [0, 0.1) is 13.8 Å². The van der Waals surface area contributed by atoms with Crippen molar-refractivity contribution in [1.29, 1.82) is 0 Å². The average Bonchev–Trinajstić information content (AvgIpc) is 2.78. The minimum absolute atomic E-state index is 0.00476. The van der Waals surface area contributed by atoms with Crippen molar-refractivity contribution in [3.05, 3.63) is 53.6 Å². The number of para-hydroxylation sites is 3. The van der Waals surface area contributed by atoms with E-state index in [0.717, 1.165) is 29.9 Å². The monoisotopic (exact) mass is 455 g/mol. The molecular formula is C26H37N3O4. The molecule has 0 bridgehead atoms. The third-order valence-corrected chi connectivity index (χ3v) is 6.28. The first-order valence-corrected chi connectivity index (χ1v) is 11.6. The second kappa shape index (κ2) is 11.5. The zero-order valence-corrected chi connectivity index (χ0v) is 20.4. The molecule has 3 rings (SSSR count). The number of ether oxygens (including phenoxy) is 2. The summed E-state index contributed by atoms with van der Waals surface area (Å²) in [7, 11) is 1.60. The average molecular weight is 456 g/mol. The van der Waals surface area contributed by atoms with Crippen molar-refractivity contribution >= 4 is 11.6 Å². The van der Waals surface area contributed by atoms with Crippen LogP contribution in [0.2, 0.25) is 0 Å². The second-order valence-electron chi connectivity index (χ2n) is 9.01. The molecule has 33 heavy (non-hydrogen) atoms. The van der Waals surface area contributed by atoms with E-state index in [-0.39, 0.29) is 24.6 Å². The third kappa shape index (κ3) is 6.69. The van der Waals surface area contributed by atoms with Gasteiger partial charge < -0.3 is 19.9 Å². The summed E-state index contributed by atoms with van der Waals surface area (Å²) in [5, 5.41) is 13.7. The molecule has 2 aromatic carbocycles. The standard InChI is InChI=1S/C26H37N3O4/c1-18-9-8-10-19(2)26(18)27-25(31)16-29-14-20(3)28(13-21(29)4)15-22(30)17-33-24-12-7-6-11-23(24)32-5/h6-12,20-22,30H,13-17H2,1-5H3,(H,27,31)/t20-,21+,22?/m0/s1. The number of methoxy groups -OCH3 is 1. The summed E-state index contributed by atoms with van der Waals surface area (Å²) in [6.07, 6.45) is -0.622. The first-order chi connectivity index (χ1) is 15.8. The quantitative estimate of drug-likeness (QED) is 0.605. The van der Waals surface area contributed by atoms with Crippen LogP contribution < -0.4 is 14.8 Å². The molecule has 1 saturated heterocycles. The highest BCUT2D eigenvalue weighted by molar-refractivity contribution is 5.93. The van der Waals surface area contributed by atoms with E-state index in [1.165, 1.54) is 0 Å². The fourth-order valence-corrected chi connectivity index (χ4v) is 4.37. The summed E-state index contributed by atoms with van der Waals surface area (Å²) >= 11 is 0. The highest BCUT2D eigenvalue weighted by atomic mass is 16.5. The number of β-amino-alcohol motifs (C(OH)–C–C–N with tert-alkyl or cyclic N) is 1. The number of carbonyl (C=O) groups excluding carboxylic acids is 1. The molecule has 1 aliphatic heterocycles. The number of hydrogen-bond donors (Lipinski definition) is 2. The fourth-order valence-electron chi connectivity index (χ4n) is 4.37. The number of rotatable bonds is 9. The summed E-state index contributed by atoms with van der Waals surface area (Å²) in [6.45, 7) is 10.9. The fraction of sp³-hybridized carbons (Fsp3) is 0.500. The number of nitrogens with zero attached hydrogens (tertiary/aromatic N) is 2. The van der Waals surface area contributed by atoms with E-state index in [9.17, 15) is 9.90 Å². The van der Waals surface area contributed by atoms with Crippen LogP contribution in [0.25, 0.3) is 0 Å². The molecule has 1 unspecified atom stereocenters. The number of aryl methyl sites for hydroxylation is 2. The van der Waals surface area contributed by atoms with Gasteiger partial charge in [0.25, 0.3) is 0 Å². The largest absolute Gasteiger partial charge is 0.493 e. The van der Waals surface area contributed by atoms with E-state index in [1.807, 2.05) is 56.3 Å². The van der Waals surface area contributed by atoms with Crippen molar-refractivity contribution in [1.82, 2.24) is 9.80 Å². The van der Waals surface area contributed by atoms with E-state index in [2.05, 4.69) is 29.0 Å². The Labute approximate surface area is 197 Å². The molecule has 7 nitrogen and oxygen atoms in total. The lowest BCUT2D eigenvalue weighted by atomic mass is 10.1. The number of aliphatic hydroxyl groups is 1. The van der Waals surface area contributed by atoms with E-state index >= 15 is 0 Å². The van der Waals surface area contributed by atoms with Crippen molar-refractivity contribution in [2.24, 2.45) is 0 Å². The van der Waals surface area contributed by atoms with E-state index in [4.69, 9.17) is 9.47 Å². The molecule has 0 aromatic heterocycles. The van der Waals surface area contributed by atoms with E-state index < -0.39 is 6.10 Å². The number of hydrogen-bond acceptors (Lipinski definition) is 6. The topological polar surface area (TPSA) is 74.3 Å². The predicted molar refractivity (Wildman–Crippen MR) is 131 cm³/mol. The Morgan fingerprint density at radius 1 is 1.03 bits per heavy atom. The highest BCUT2D eigenvalue weighted by Gasteiger charge is 2.31. The minimum atomic E-state index is -0.622. The number of piperazine rings is 1. The maximum Gasteiger partial charge on any atom is 0.238 e. The van der Waals surface area contributed by atoms with Crippen LogP contribution in [-0.2, 0) is 4.79 Å². The van der Waals surface area contributed by atoms with Gasteiger partial charge in [0.2, 0.25) is 5.91 Å². The van der Waals surface area contributed by atoms with Crippen LogP contribution in [0.4, 0.5) is 5.69 Å². The molecule has 0 radical (unpaired) electrons. The molecule has 0 spiro atoms. The van der Waals surface area contributed by atoms with Crippen LogP contribution in [0.1, 0.15) is 25.0 Å². The van der Waals surface area contributed by atoms with Gasteiger partial charge in [0.05, 0.1) is 13.7 Å². The van der Waals surface area contributed by atoms with Crippen molar-refractivity contribution in [3.8, 4) is 11.5 Å². The number of nitrogens with one attached hydrogen (secondary N) is 1. The van der Waals surface area contributed by atoms with Gasteiger partial charge in [-0.3, -0.25) is 14.6 Å². The molecule has 7 heteroatoms. The Bertz CT molecular complexity index is 915. The zero-order valence-electron chi connectivity index (χ0n) is 20.4. The molecular weight excluding hydrogens is 418 g/mol. The van der Waals surface area contributed by atoms with Crippen LogP contribution in [0.5, 0.6) is 11.5 Å². The Kier molecular flexibility index (Phi) is 8.72. The molecule has 2 N–H and O–H groups in total. The van der Waals surface area contributed by atoms with Crippen LogP contribution >= 0.6 is 0 Å². The lowest BCUT2D eigenvalue weighted by Crippen LogP contribution is -2.59. The van der Waals surface area contributed by atoms with Gasteiger partial charge in [0, 0.05) is 37.4 Å². The Morgan fingerprint density at radius 2 is 1.64 bits per heavy atom. The number of amides is 1. The van der Waals surface area contributed by atoms with Gasteiger partial charge in [-0.25, -0.2) is 0 Å². The number of aliphatic hydroxyl groups excluding tert-OH is 1. The van der Waals surface area contributed by atoms with Crippen LogP contribution in [0.3, 0.4) is 0 Å². The summed E-state index contributed by atoms with van der Waals surface area (Å²) < 4.78 is 11.1. The molecule has 0 saturated carbocycles. The molecule has 3 atom stereocenters. The maximum atomic E-state index is 12.7. The van der Waals surface area contributed by atoms with Gasteiger partial charge in [-0.2, -0.15) is 0 Å². The van der Waals surface area contributed by atoms with Gasteiger partial charge in [0.1, 0.15) is 12.7 Å². The lowest BCUT2D eigenvalue weighted by molar-refractivity contribution is -0.119.